The lowest BCUT2D eigenvalue weighted by atomic mass is 9.82. The molecule has 0 aromatic rings. The van der Waals surface area contributed by atoms with E-state index >= 15 is 0 Å². The second-order valence-corrected chi connectivity index (χ2v) is 4.81. The lowest BCUT2D eigenvalue weighted by Gasteiger charge is -2.42. The van der Waals surface area contributed by atoms with Crippen LogP contribution in [-0.4, -0.2) is 23.1 Å². The molecule has 5 heteroatoms. The maximum atomic E-state index is 9.40. The van der Waals surface area contributed by atoms with Crippen molar-refractivity contribution in [3.63, 3.8) is 0 Å². The average molecular weight is 346 g/mol. The van der Waals surface area contributed by atoms with E-state index in [1.54, 1.807) is 23.0 Å². The highest BCUT2D eigenvalue weighted by atomic mass is 127. The zero-order valence-electron chi connectivity index (χ0n) is 10.7. The molecule has 0 spiro atoms. The van der Waals surface area contributed by atoms with Crippen LogP contribution in [0.15, 0.2) is 0 Å². The first-order valence-corrected chi connectivity index (χ1v) is 6.59. The van der Waals surface area contributed by atoms with Crippen LogP contribution in [0.4, 0.5) is 0 Å². The molecule has 1 rings (SSSR count). The summed E-state index contributed by atoms with van der Waals surface area (Å²) in [6, 6.07) is 0. The molecule has 1 saturated heterocycles. The predicted molar refractivity (Wildman–Crippen MR) is 70.9 cm³/mol. The van der Waals surface area contributed by atoms with Gasteiger partial charge in [0.25, 0.3) is 0 Å². The molecule has 4 atom stereocenters. The van der Waals surface area contributed by atoms with Crippen molar-refractivity contribution in [3.05, 3.63) is 0 Å². The third-order valence-electron chi connectivity index (χ3n) is 2.84. The largest absolute Gasteiger partial charge is 0.368 e. The zero-order valence-corrected chi connectivity index (χ0v) is 12.9. The zero-order chi connectivity index (χ0) is 12.8. The second-order valence-electron chi connectivity index (χ2n) is 4.45. The number of halogens is 1. The molecule has 1 heterocycles. The fourth-order valence-electron chi connectivity index (χ4n) is 1.62. The Morgan fingerprint density at radius 2 is 1.94 bits per heavy atom. The van der Waals surface area contributed by atoms with Crippen LogP contribution in [0, 0.1) is 5.92 Å². The minimum absolute atomic E-state index is 0.0275. The quantitative estimate of drug-likeness (QED) is 0.474. The Morgan fingerprint density at radius 1 is 1.44 bits per heavy atom. The fraction of sp³-hybridized carbons (Fsp3) is 1.00. The van der Waals surface area contributed by atoms with Gasteiger partial charge in [-0.2, -0.15) is 3.22 Å². The maximum Gasteiger partial charge on any atom is 0.157 e. The Balaban J connectivity index is 0.000000673. The molecule has 1 aliphatic heterocycles. The van der Waals surface area contributed by atoms with Crippen LogP contribution in [0.3, 0.4) is 0 Å². The van der Waals surface area contributed by atoms with Gasteiger partial charge in [-0.3, -0.25) is 0 Å². The van der Waals surface area contributed by atoms with Crippen molar-refractivity contribution in [2.75, 3.05) is 0 Å². The SMILES string of the molecule is CC1[C@H](C)OC(O)C[C@@]1(C)OOI.CCC. The van der Waals surface area contributed by atoms with Gasteiger partial charge in [0.05, 0.1) is 6.10 Å². The summed E-state index contributed by atoms with van der Waals surface area (Å²) in [5, 5.41) is 9.40. The molecule has 0 saturated carbocycles. The molecule has 16 heavy (non-hydrogen) atoms. The summed E-state index contributed by atoms with van der Waals surface area (Å²) in [6.45, 7) is 10.1. The molecule has 0 aliphatic carbocycles. The van der Waals surface area contributed by atoms with Crippen LogP contribution in [0.25, 0.3) is 0 Å². The van der Waals surface area contributed by atoms with Crippen LogP contribution < -0.4 is 0 Å². The molecule has 0 bridgehead atoms. The molecular weight excluding hydrogens is 323 g/mol. The highest BCUT2D eigenvalue weighted by molar-refractivity contribution is 14.1. The summed E-state index contributed by atoms with van der Waals surface area (Å²) < 4.78 is 9.91. The molecular formula is C11H23IO4. The molecule has 0 aromatic carbocycles. The summed E-state index contributed by atoms with van der Waals surface area (Å²) in [5.41, 5.74) is -0.474. The van der Waals surface area contributed by atoms with Crippen LogP contribution in [0.1, 0.15) is 47.5 Å². The first-order valence-electron chi connectivity index (χ1n) is 5.71. The van der Waals surface area contributed by atoms with Gasteiger partial charge in [-0.25, -0.2) is 4.89 Å². The summed E-state index contributed by atoms with van der Waals surface area (Å²) in [5.74, 6) is 0.186. The molecule has 1 fully saturated rings. The van der Waals surface area contributed by atoms with Crippen molar-refractivity contribution < 1.29 is 17.9 Å². The average Bonchev–Trinajstić information content (AvgIpc) is 2.15. The highest BCUT2D eigenvalue weighted by Gasteiger charge is 2.44. The first-order chi connectivity index (χ1) is 7.41. The van der Waals surface area contributed by atoms with E-state index in [1.807, 2.05) is 20.8 Å². The van der Waals surface area contributed by atoms with Gasteiger partial charge in [0.15, 0.2) is 29.3 Å². The molecule has 0 amide bonds. The standard InChI is InChI=1S/C8H15IO4.C3H8/c1-5-6(2)11-7(10)4-8(5,3)12-13-9;1-3-2/h5-7,10H,4H2,1-3H3;3H2,1-2H3/t5?,6-,7?,8+;/m0./s1. The topological polar surface area (TPSA) is 47.9 Å². The van der Waals surface area contributed by atoms with Crippen molar-refractivity contribution in [2.45, 2.75) is 65.5 Å². The van der Waals surface area contributed by atoms with Gasteiger partial charge in [-0.15, -0.1) is 0 Å². The van der Waals surface area contributed by atoms with E-state index in [0.29, 0.717) is 6.42 Å². The van der Waals surface area contributed by atoms with Crippen molar-refractivity contribution in [3.8, 4) is 0 Å². The third kappa shape index (κ3) is 4.83. The maximum absolute atomic E-state index is 9.40. The van der Waals surface area contributed by atoms with Gasteiger partial charge in [0.2, 0.25) is 0 Å². The molecule has 98 valence electrons. The number of aliphatic hydroxyl groups excluding tert-OH is 1. The number of hydrogen-bond acceptors (Lipinski definition) is 4. The normalized spacial score (nSPS) is 38.8. The van der Waals surface area contributed by atoms with E-state index < -0.39 is 11.9 Å². The fourth-order valence-corrected chi connectivity index (χ4v) is 2.04. The molecule has 4 nitrogen and oxygen atoms in total. The van der Waals surface area contributed by atoms with E-state index in [4.69, 9.17) is 9.62 Å². The van der Waals surface area contributed by atoms with Crippen molar-refractivity contribution in [1.82, 2.24) is 0 Å². The summed E-state index contributed by atoms with van der Waals surface area (Å²) in [7, 11) is 0. The minimum Gasteiger partial charge on any atom is -0.368 e. The number of aliphatic hydroxyl groups is 1. The van der Waals surface area contributed by atoms with Crippen LogP contribution in [0.2, 0.25) is 0 Å². The van der Waals surface area contributed by atoms with Crippen molar-refractivity contribution in [2.24, 2.45) is 5.92 Å². The predicted octanol–water partition coefficient (Wildman–Crippen LogP) is 3.22. The molecule has 0 aromatic heterocycles. The van der Waals surface area contributed by atoms with Crippen LogP contribution >= 0.6 is 23.0 Å². The van der Waals surface area contributed by atoms with E-state index in [9.17, 15) is 5.11 Å². The van der Waals surface area contributed by atoms with Crippen LogP contribution in [0.5, 0.6) is 0 Å². The summed E-state index contributed by atoms with van der Waals surface area (Å²) >= 11 is 1.68. The minimum atomic E-state index is -0.761. The van der Waals surface area contributed by atoms with E-state index in [-0.39, 0.29) is 12.0 Å². The van der Waals surface area contributed by atoms with Gasteiger partial charge >= 0.3 is 0 Å². The molecule has 1 aliphatic rings. The van der Waals surface area contributed by atoms with E-state index in [0.717, 1.165) is 0 Å². The van der Waals surface area contributed by atoms with Gasteiger partial charge in [-0.05, 0) is 13.8 Å². The van der Waals surface area contributed by atoms with Gasteiger partial charge in [0, 0.05) is 12.3 Å². The molecule has 1 N–H and O–H groups in total. The Kier molecular flexibility index (Phi) is 8.09. The number of rotatable bonds is 2. The molecule has 0 radical (unpaired) electrons. The summed E-state index contributed by atoms with van der Waals surface area (Å²) in [6.07, 6.45) is 0.893. The lowest BCUT2D eigenvalue weighted by Crippen LogP contribution is -2.50. The van der Waals surface area contributed by atoms with Crippen molar-refractivity contribution >= 4 is 23.0 Å². The highest BCUT2D eigenvalue weighted by Crippen LogP contribution is 2.36. The van der Waals surface area contributed by atoms with Gasteiger partial charge in [-0.1, -0.05) is 27.2 Å². The summed E-state index contributed by atoms with van der Waals surface area (Å²) in [4.78, 5) is 5.17. The van der Waals surface area contributed by atoms with Gasteiger partial charge < -0.3 is 9.84 Å². The Bertz CT molecular complexity index is 191. The van der Waals surface area contributed by atoms with Gasteiger partial charge in [0.1, 0.15) is 5.60 Å². The Hall–Kier alpha value is 0.570. The Morgan fingerprint density at radius 3 is 2.38 bits per heavy atom. The smallest absolute Gasteiger partial charge is 0.157 e. The number of ether oxygens (including phenoxy) is 1. The first kappa shape index (κ1) is 16.6. The number of hydrogen-bond donors (Lipinski definition) is 1. The second kappa shape index (κ2) is 7.81. The van der Waals surface area contributed by atoms with E-state index in [1.165, 1.54) is 6.42 Å². The van der Waals surface area contributed by atoms with Crippen LogP contribution in [-0.2, 0) is 12.8 Å². The Labute approximate surface area is 112 Å². The lowest BCUT2D eigenvalue weighted by molar-refractivity contribution is -0.330. The van der Waals surface area contributed by atoms with E-state index in [2.05, 4.69) is 17.1 Å². The van der Waals surface area contributed by atoms with Crippen molar-refractivity contribution in [1.29, 1.82) is 0 Å². The monoisotopic (exact) mass is 346 g/mol. The molecule has 2 unspecified atom stereocenters. The third-order valence-corrected chi connectivity index (χ3v) is 3.02.